The molecule has 0 saturated carbocycles. The van der Waals surface area contributed by atoms with Gasteiger partial charge >= 0.3 is 0 Å². The second-order valence-electron chi connectivity index (χ2n) is 3.64. The zero-order valence-electron chi connectivity index (χ0n) is 8.77. The van der Waals surface area contributed by atoms with Gasteiger partial charge in [-0.3, -0.25) is 0 Å². The Labute approximate surface area is 90.3 Å². The number of rotatable bonds is 3. The van der Waals surface area contributed by atoms with E-state index in [0.29, 0.717) is 5.92 Å². The molecule has 0 amide bonds. The van der Waals surface area contributed by atoms with Crippen LogP contribution in [0.25, 0.3) is 0 Å². The van der Waals surface area contributed by atoms with Crippen LogP contribution in [0.5, 0.6) is 0 Å². The average molecular weight is 223 g/mol. The van der Waals surface area contributed by atoms with E-state index in [4.69, 9.17) is 5.26 Å². The lowest BCUT2D eigenvalue weighted by Crippen LogP contribution is -2.04. The molecule has 1 aromatic carbocycles. The van der Waals surface area contributed by atoms with Gasteiger partial charge in [-0.1, -0.05) is 26.0 Å². The number of hydrogen-bond donors (Lipinski definition) is 0. The van der Waals surface area contributed by atoms with E-state index < -0.39 is 15.6 Å². The highest BCUT2D eigenvalue weighted by atomic mass is 32.2. The molecule has 0 radical (unpaired) electrons. The zero-order valence-corrected chi connectivity index (χ0v) is 9.58. The van der Waals surface area contributed by atoms with Gasteiger partial charge in [0.05, 0.1) is 11.0 Å². The van der Waals surface area contributed by atoms with E-state index in [2.05, 4.69) is 0 Å². The minimum atomic E-state index is -3.41. The fourth-order valence-electron chi connectivity index (χ4n) is 1.23. The summed E-state index contributed by atoms with van der Waals surface area (Å²) in [5.41, 5.74) is 1.09. The van der Waals surface area contributed by atoms with Crippen molar-refractivity contribution in [2.24, 2.45) is 0 Å². The molecule has 0 atom stereocenters. The Morgan fingerprint density at radius 1 is 1.27 bits per heavy atom. The normalized spacial score (nSPS) is 11.3. The Balaban J connectivity index is 3.05. The fourth-order valence-corrected chi connectivity index (χ4v) is 2.12. The molecule has 80 valence electrons. The molecule has 0 fully saturated rings. The first kappa shape index (κ1) is 11.7. The molecule has 0 aliphatic rings. The van der Waals surface area contributed by atoms with E-state index >= 15 is 0 Å². The smallest absolute Gasteiger partial charge is 0.191 e. The molecule has 0 saturated heterocycles. The summed E-state index contributed by atoms with van der Waals surface area (Å²) >= 11 is 0. The number of nitriles is 1. The molecule has 3 nitrogen and oxygen atoms in total. The van der Waals surface area contributed by atoms with Gasteiger partial charge in [0, 0.05) is 0 Å². The summed E-state index contributed by atoms with van der Waals surface area (Å²) in [7, 11) is -3.41. The lowest BCUT2D eigenvalue weighted by Gasteiger charge is -2.06. The first-order chi connectivity index (χ1) is 6.97. The lowest BCUT2D eigenvalue weighted by atomic mass is 10.0. The van der Waals surface area contributed by atoms with Gasteiger partial charge in [-0.2, -0.15) is 5.26 Å². The molecule has 1 rings (SSSR count). The van der Waals surface area contributed by atoms with E-state index in [0.717, 1.165) is 5.56 Å². The molecular formula is C11H13NO2S. The van der Waals surface area contributed by atoms with Crippen molar-refractivity contribution in [2.45, 2.75) is 24.7 Å². The number of sulfone groups is 1. The summed E-state index contributed by atoms with van der Waals surface area (Å²) in [6, 6.07) is 8.34. The van der Waals surface area contributed by atoms with E-state index in [-0.39, 0.29) is 4.90 Å². The maximum atomic E-state index is 11.5. The summed E-state index contributed by atoms with van der Waals surface area (Å²) in [6.07, 6.45) is 0. The third-order valence-electron chi connectivity index (χ3n) is 2.16. The summed E-state index contributed by atoms with van der Waals surface area (Å²) in [5, 5.41) is 8.38. The number of benzene rings is 1. The van der Waals surface area contributed by atoms with Crippen LogP contribution >= 0.6 is 0 Å². The van der Waals surface area contributed by atoms with Gasteiger partial charge in [-0.15, -0.1) is 0 Å². The standard InChI is InChI=1S/C11H13NO2S/c1-9(2)10-3-5-11(6-4-10)15(13,14)8-7-12/h3-6,9H,8H2,1-2H3. The van der Waals surface area contributed by atoms with Gasteiger partial charge in [0.25, 0.3) is 0 Å². The van der Waals surface area contributed by atoms with Crippen molar-refractivity contribution in [3.8, 4) is 6.07 Å². The van der Waals surface area contributed by atoms with Gasteiger partial charge in [0.1, 0.15) is 5.75 Å². The first-order valence-electron chi connectivity index (χ1n) is 4.67. The summed E-state index contributed by atoms with van der Waals surface area (Å²) in [4.78, 5) is 0.216. The largest absolute Gasteiger partial charge is 0.223 e. The SMILES string of the molecule is CC(C)c1ccc(S(=O)(=O)CC#N)cc1. The highest BCUT2D eigenvalue weighted by Gasteiger charge is 2.13. The molecule has 0 bridgehead atoms. The van der Waals surface area contributed by atoms with Crippen LogP contribution in [0.1, 0.15) is 25.3 Å². The monoisotopic (exact) mass is 223 g/mol. The van der Waals surface area contributed by atoms with E-state index in [1.165, 1.54) is 0 Å². The van der Waals surface area contributed by atoms with Crippen LogP contribution < -0.4 is 0 Å². The summed E-state index contributed by atoms with van der Waals surface area (Å²) in [5.74, 6) is -0.0914. The minimum Gasteiger partial charge on any atom is -0.223 e. The van der Waals surface area contributed by atoms with Crippen molar-refractivity contribution in [3.63, 3.8) is 0 Å². The molecule has 0 aromatic heterocycles. The Kier molecular flexibility index (Phi) is 3.48. The summed E-state index contributed by atoms with van der Waals surface area (Å²) < 4.78 is 23.0. The van der Waals surface area contributed by atoms with Crippen LogP contribution in [0.2, 0.25) is 0 Å². The van der Waals surface area contributed by atoms with Crippen molar-refractivity contribution in [1.82, 2.24) is 0 Å². The van der Waals surface area contributed by atoms with Gasteiger partial charge in [0.15, 0.2) is 9.84 Å². The Morgan fingerprint density at radius 3 is 2.20 bits per heavy atom. The molecule has 0 spiro atoms. The molecule has 0 N–H and O–H groups in total. The zero-order chi connectivity index (χ0) is 11.5. The minimum absolute atomic E-state index is 0.216. The van der Waals surface area contributed by atoms with Crippen LogP contribution in [0, 0.1) is 11.3 Å². The van der Waals surface area contributed by atoms with Crippen LogP contribution in [0.15, 0.2) is 29.2 Å². The van der Waals surface area contributed by atoms with Crippen LogP contribution in [-0.4, -0.2) is 14.2 Å². The maximum Gasteiger partial charge on any atom is 0.191 e. The Morgan fingerprint density at radius 2 is 1.80 bits per heavy atom. The molecule has 0 aliphatic carbocycles. The van der Waals surface area contributed by atoms with Gasteiger partial charge < -0.3 is 0 Å². The fraction of sp³-hybridized carbons (Fsp3) is 0.364. The first-order valence-corrected chi connectivity index (χ1v) is 6.32. The molecule has 0 aliphatic heterocycles. The molecule has 0 heterocycles. The highest BCUT2D eigenvalue weighted by Crippen LogP contribution is 2.17. The van der Waals surface area contributed by atoms with Crippen LogP contribution in [0.4, 0.5) is 0 Å². The Bertz CT molecular complexity index is 466. The third-order valence-corrected chi connectivity index (χ3v) is 3.66. The van der Waals surface area contributed by atoms with Gasteiger partial charge in [-0.05, 0) is 23.6 Å². The lowest BCUT2D eigenvalue weighted by molar-refractivity contribution is 0.599. The average Bonchev–Trinajstić information content (AvgIpc) is 2.18. The van der Waals surface area contributed by atoms with Crippen LogP contribution in [0.3, 0.4) is 0 Å². The van der Waals surface area contributed by atoms with E-state index in [1.54, 1.807) is 30.3 Å². The van der Waals surface area contributed by atoms with Crippen molar-refractivity contribution < 1.29 is 8.42 Å². The van der Waals surface area contributed by atoms with Crippen molar-refractivity contribution in [1.29, 1.82) is 5.26 Å². The highest BCUT2D eigenvalue weighted by molar-refractivity contribution is 7.91. The predicted molar refractivity (Wildman–Crippen MR) is 58.2 cm³/mol. The van der Waals surface area contributed by atoms with Crippen molar-refractivity contribution >= 4 is 9.84 Å². The summed E-state index contributed by atoms with van der Waals surface area (Å²) in [6.45, 7) is 4.08. The number of hydrogen-bond acceptors (Lipinski definition) is 3. The molecule has 1 aromatic rings. The quantitative estimate of drug-likeness (QED) is 0.788. The second-order valence-corrected chi connectivity index (χ2v) is 5.63. The molecular weight excluding hydrogens is 210 g/mol. The number of nitrogens with zero attached hydrogens (tertiary/aromatic N) is 1. The van der Waals surface area contributed by atoms with Gasteiger partial charge in [-0.25, -0.2) is 8.42 Å². The molecule has 15 heavy (non-hydrogen) atoms. The molecule has 0 unspecified atom stereocenters. The Hall–Kier alpha value is -1.34. The maximum absolute atomic E-state index is 11.5. The van der Waals surface area contributed by atoms with Crippen molar-refractivity contribution in [3.05, 3.63) is 29.8 Å². The van der Waals surface area contributed by atoms with Gasteiger partial charge in [0.2, 0.25) is 0 Å². The second kappa shape index (κ2) is 4.45. The van der Waals surface area contributed by atoms with E-state index in [1.807, 2.05) is 13.8 Å². The predicted octanol–water partition coefficient (Wildman–Crippen LogP) is 2.11. The topological polar surface area (TPSA) is 57.9 Å². The molecule has 4 heteroatoms. The third kappa shape index (κ3) is 2.80. The van der Waals surface area contributed by atoms with Crippen LogP contribution in [-0.2, 0) is 9.84 Å². The van der Waals surface area contributed by atoms with Crippen molar-refractivity contribution in [2.75, 3.05) is 5.75 Å². The van der Waals surface area contributed by atoms with E-state index in [9.17, 15) is 8.42 Å².